The topological polar surface area (TPSA) is 262 Å². The minimum Gasteiger partial charge on any atom is -0.507 e. The number of aliphatic hydroxyl groups is 6. The number of carbonyl (C=O) groups is 3. The molecule has 0 radical (unpaired) electrons. The van der Waals surface area contributed by atoms with Crippen molar-refractivity contribution in [3.8, 4) is 17.2 Å². The van der Waals surface area contributed by atoms with Gasteiger partial charge >= 0.3 is 0 Å². The molecule has 9 N–H and O–H groups in total. The van der Waals surface area contributed by atoms with Crippen LogP contribution in [-0.4, -0.2) is 133 Å². The van der Waals surface area contributed by atoms with Crippen molar-refractivity contribution in [2.75, 3.05) is 20.3 Å². The van der Waals surface area contributed by atoms with Crippen LogP contribution in [0.1, 0.15) is 75.8 Å². The van der Waals surface area contributed by atoms with Crippen molar-refractivity contribution in [2.45, 2.75) is 93.5 Å². The van der Waals surface area contributed by atoms with Crippen molar-refractivity contribution in [3.05, 3.63) is 51.6 Å². The number of hydrogen-bond donors (Lipinski definition) is 9. The molecular formula is C33H39NO15. The molecule has 16 nitrogen and oxygen atoms in total. The lowest BCUT2D eigenvalue weighted by Crippen LogP contribution is -2.66. The number of aromatic hydroxyl groups is 2. The summed E-state index contributed by atoms with van der Waals surface area (Å²) in [5, 5.41) is 89.3. The molecule has 266 valence electrons. The number of hydrogen-bond acceptors (Lipinski definition) is 16. The van der Waals surface area contributed by atoms with E-state index in [-0.39, 0.29) is 34.4 Å². The lowest BCUT2D eigenvalue weighted by atomic mass is 9.72. The number of nitrogens with one attached hydrogen (secondary N) is 1. The molecule has 0 saturated carbocycles. The quantitative estimate of drug-likeness (QED) is 0.127. The molecule has 2 aromatic carbocycles. The van der Waals surface area contributed by atoms with Crippen LogP contribution in [0.5, 0.6) is 17.2 Å². The van der Waals surface area contributed by atoms with Gasteiger partial charge in [0.05, 0.1) is 55.3 Å². The fourth-order valence-corrected chi connectivity index (χ4v) is 7.15. The number of ketones is 3. The number of methoxy groups -OCH3 is 1. The molecule has 2 saturated heterocycles. The molecule has 0 amide bonds. The van der Waals surface area contributed by atoms with Gasteiger partial charge in [-0.15, -0.1) is 0 Å². The average Bonchev–Trinajstić information content (AvgIpc) is 3.06. The largest absolute Gasteiger partial charge is 0.507 e. The summed E-state index contributed by atoms with van der Waals surface area (Å²) in [4.78, 5) is 40.3. The van der Waals surface area contributed by atoms with E-state index in [1.807, 2.05) is 0 Å². The van der Waals surface area contributed by atoms with Crippen LogP contribution in [0.2, 0.25) is 0 Å². The van der Waals surface area contributed by atoms with Crippen LogP contribution in [0.3, 0.4) is 0 Å². The van der Waals surface area contributed by atoms with Crippen molar-refractivity contribution < 1.29 is 74.2 Å². The molecule has 0 bridgehead atoms. The van der Waals surface area contributed by atoms with Crippen LogP contribution in [0, 0.1) is 0 Å². The van der Waals surface area contributed by atoms with Gasteiger partial charge in [-0.1, -0.05) is 12.1 Å². The van der Waals surface area contributed by atoms with Gasteiger partial charge in [0.1, 0.15) is 41.2 Å². The standard InChI is InChI=1S/C33H39NO15/c1-12-25(37)16(34-11-33(45)31(43)28(40)17(36)10-47-33)7-20(48-12)49-19-9-32(44,13(2)35)8-15-22(19)30(42)24-23(27(15)39)26(38)14-5-4-6-18(46-3)21(14)29(24)41/h4-6,12,16-17,19-20,25,28,31,34,36-37,39-40,42-45H,7-11H2,1-3H3. The van der Waals surface area contributed by atoms with Gasteiger partial charge < -0.3 is 65.1 Å². The molecular weight excluding hydrogens is 650 g/mol. The first-order valence-corrected chi connectivity index (χ1v) is 15.8. The Morgan fingerprint density at radius 1 is 1.02 bits per heavy atom. The summed E-state index contributed by atoms with van der Waals surface area (Å²) >= 11 is 0. The van der Waals surface area contributed by atoms with Crippen molar-refractivity contribution in [3.63, 3.8) is 0 Å². The smallest absolute Gasteiger partial charge is 0.207 e. The van der Waals surface area contributed by atoms with Gasteiger partial charge in [-0.25, -0.2) is 0 Å². The van der Waals surface area contributed by atoms with E-state index < -0.39 is 126 Å². The fraction of sp³-hybridized carbons (Fsp3) is 0.545. The highest BCUT2D eigenvalue weighted by Gasteiger charge is 2.51. The maximum absolute atomic E-state index is 13.8. The summed E-state index contributed by atoms with van der Waals surface area (Å²) in [6.07, 6.45) is -10.9. The maximum Gasteiger partial charge on any atom is 0.207 e. The minimum absolute atomic E-state index is 0.0693. The lowest BCUT2D eigenvalue weighted by molar-refractivity contribution is -0.319. The Hall–Kier alpha value is -3.55. The van der Waals surface area contributed by atoms with Crippen LogP contribution in [0.4, 0.5) is 0 Å². The third-order valence-corrected chi connectivity index (χ3v) is 10.1. The normalized spacial score (nSPS) is 35.7. The van der Waals surface area contributed by atoms with Gasteiger partial charge in [0.2, 0.25) is 11.6 Å². The predicted molar refractivity (Wildman–Crippen MR) is 163 cm³/mol. The Kier molecular flexibility index (Phi) is 9.11. The van der Waals surface area contributed by atoms with E-state index >= 15 is 0 Å². The van der Waals surface area contributed by atoms with E-state index in [1.165, 1.54) is 32.2 Å². The predicted octanol–water partition coefficient (Wildman–Crippen LogP) is -1.54. The van der Waals surface area contributed by atoms with Gasteiger partial charge in [-0.05, 0) is 19.9 Å². The zero-order chi connectivity index (χ0) is 35.7. The average molecular weight is 690 g/mol. The van der Waals surface area contributed by atoms with E-state index in [4.69, 9.17) is 18.9 Å². The minimum atomic E-state index is -2.33. The summed E-state index contributed by atoms with van der Waals surface area (Å²) in [7, 11) is 1.31. The first-order chi connectivity index (χ1) is 23.0. The van der Waals surface area contributed by atoms with Crippen LogP contribution < -0.4 is 10.1 Å². The third-order valence-electron chi connectivity index (χ3n) is 10.1. The number of benzene rings is 2. The molecule has 6 rings (SSSR count). The Morgan fingerprint density at radius 3 is 2.39 bits per heavy atom. The van der Waals surface area contributed by atoms with Crippen LogP contribution in [0.25, 0.3) is 0 Å². The second-order valence-corrected chi connectivity index (χ2v) is 13.1. The van der Waals surface area contributed by atoms with E-state index in [9.17, 15) is 55.2 Å². The first-order valence-electron chi connectivity index (χ1n) is 15.8. The van der Waals surface area contributed by atoms with Gasteiger partial charge in [0, 0.05) is 42.0 Å². The second-order valence-electron chi connectivity index (χ2n) is 13.1. The first kappa shape index (κ1) is 35.3. The molecule has 2 aromatic rings. The Bertz CT molecular complexity index is 1700. The SMILES string of the molecule is COc1cccc2c1C(=O)c1c(O)c3c(c(O)c1C2=O)CC(O)(C(C)=O)CC3OC1CC(NCC2(O)OCC(O)C(O)C2O)C(O)C(C)O1. The Balaban J connectivity index is 1.34. The summed E-state index contributed by atoms with van der Waals surface area (Å²) < 4.78 is 22.6. The maximum atomic E-state index is 13.8. The van der Waals surface area contributed by atoms with Crippen molar-refractivity contribution in [1.29, 1.82) is 0 Å². The number of Topliss-reactive ketones (excluding diaryl/α,β-unsaturated/α-hetero) is 1. The second kappa shape index (κ2) is 12.6. The van der Waals surface area contributed by atoms with Crippen LogP contribution >= 0.6 is 0 Å². The van der Waals surface area contributed by atoms with Gasteiger partial charge in [0.25, 0.3) is 0 Å². The molecule has 0 spiro atoms. The molecule has 2 aliphatic heterocycles. The Morgan fingerprint density at radius 2 is 1.71 bits per heavy atom. The third kappa shape index (κ3) is 5.71. The number of phenols is 2. The summed E-state index contributed by atoms with van der Waals surface area (Å²) in [5.41, 5.74) is -3.63. The van der Waals surface area contributed by atoms with Crippen molar-refractivity contribution >= 4 is 17.3 Å². The number of fused-ring (bicyclic) bond motifs is 3. The molecule has 4 aliphatic rings. The summed E-state index contributed by atoms with van der Waals surface area (Å²) in [6.45, 7) is 1.68. The van der Waals surface area contributed by atoms with Gasteiger partial charge in [0.15, 0.2) is 17.9 Å². The van der Waals surface area contributed by atoms with E-state index in [0.717, 1.165) is 6.92 Å². The van der Waals surface area contributed by atoms with E-state index in [0.29, 0.717) is 0 Å². The summed E-state index contributed by atoms with van der Waals surface area (Å²) in [5.74, 6) is -5.94. The Labute approximate surface area is 279 Å². The van der Waals surface area contributed by atoms with E-state index in [2.05, 4.69) is 5.32 Å². The molecule has 49 heavy (non-hydrogen) atoms. The number of phenolic OH excluding ortho intramolecular Hbond substituents is 2. The number of aliphatic hydroxyl groups excluding tert-OH is 4. The molecule has 10 atom stereocenters. The zero-order valence-corrected chi connectivity index (χ0v) is 26.8. The van der Waals surface area contributed by atoms with Crippen LogP contribution in [0.15, 0.2) is 18.2 Å². The monoisotopic (exact) mass is 689 g/mol. The molecule has 2 aliphatic carbocycles. The highest BCUT2D eigenvalue weighted by Crippen LogP contribution is 2.52. The molecule has 16 heteroatoms. The zero-order valence-electron chi connectivity index (χ0n) is 26.8. The highest BCUT2D eigenvalue weighted by molar-refractivity contribution is 6.31. The van der Waals surface area contributed by atoms with Gasteiger partial charge in [-0.3, -0.25) is 14.4 Å². The van der Waals surface area contributed by atoms with Crippen molar-refractivity contribution in [2.24, 2.45) is 0 Å². The molecule has 0 aromatic heterocycles. The molecule has 2 heterocycles. The fourth-order valence-electron chi connectivity index (χ4n) is 7.15. The van der Waals surface area contributed by atoms with E-state index in [1.54, 1.807) is 0 Å². The number of rotatable bonds is 7. The van der Waals surface area contributed by atoms with Crippen molar-refractivity contribution in [1.82, 2.24) is 5.32 Å². The summed E-state index contributed by atoms with van der Waals surface area (Å²) in [6, 6.07) is 3.43. The highest BCUT2D eigenvalue weighted by atomic mass is 16.7. The number of ether oxygens (including phenoxy) is 4. The lowest BCUT2D eigenvalue weighted by Gasteiger charge is -2.45. The van der Waals surface area contributed by atoms with Gasteiger partial charge in [-0.2, -0.15) is 0 Å². The number of carbonyl (C=O) groups excluding carboxylic acids is 3. The molecule has 10 unspecified atom stereocenters. The molecule has 2 fully saturated rings. The van der Waals surface area contributed by atoms with Crippen LogP contribution in [-0.2, 0) is 25.4 Å².